The smallest absolute Gasteiger partial charge is 0.320 e. The second-order valence-electron chi connectivity index (χ2n) is 5.06. The topological polar surface area (TPSA) is 81.1 Å². The lowest BCUT2D eigenvalue weighted by Crippen LogP contribution is -2.29. The summed E-state index contributed by atoms with van der Waals surface area (Å²) in [6.07, 6.45) is -1.94. The molecule has 0 spiro atoms. The predicted molar refractivity (Wildman–Crippen MR) is 77.5 cm³/mol. The summed E-state index contributed by atoms with van der Waals surface area (Å²) in [5, 5.41) is 11.9. The van der Waals surface area contributed by atoms with Gasteiger partial charge in [0.1, 0.15) is 11.4 Å². The molecular formula is C14H15F2N5O2. The predicted octanol–water partition coefficient (Wildman–Crippen LogP) is 2.01. The van der Waals surface area contributed by atoms with Gasteiger partial charge in [-0.25, -0.2) is 18.3 Å². The maximum absolute atomic E-state index is 12.9. The van der Waals surface area contributed by atoms with E-state index in [0.29, 0.717) is 6.61 Å². The molecule has 7 nitrogen and oxygen atoms in total. The summed E-state index contributed by atoms with van der Waals surface area (Å²) in [6.45, 7) is 0.842. The molecule has 2 heterocycles. The maximum atomic E-state index is 12.9. The number of fused-ring (bicyclic) bond motifs is 1. The first-order valence-electron chi connectivity index (χ1n) is 7.02. The van der Waals surface area contributed by atoms with Gasteiger partial charge in [0.05, 0.1) is 6.61 Å². The lowest BCUT2D eigenvalue weighted by molar-refractivity contribution is 0.141. The highest BCUT2D eigenvalue weighted by Crippen LogP contribution is 2.29. The van der Waals surface area contributed by atoms with Gasteiger partial charge >= 0.3 is 6.03 Å². The summed E-state index contributed by atoms with van der Waals surface area (Å²) in [4.78, 5) is 11.9. The number of benzene rings is 1. The highest BCUT2D eigenvalue weighted by atomic mass is 19.3. The van der Waals surface area contributed by atoms with E-state index in [-0.39, 0.29) is 12.4 Å². The quantitative estimate of drug-likeness (QED) is 0.902. The molecule has 2 amide bonds. The van der Waals surface area contributed by atoms with Crippen molar-refractivity contribution in [2.24, 2.45) is 7.05 Å². The standard InChI is InChI=1S/C14H15F2N5O2/c1-21-10(12(15)16)13(19-20-21)18-14(22)17-7-9-4-2-3-8-5-6-23-11(8)9/h2-4,12H,5-7H2,1H3,(H2,17,18,22). The van der Waals surface area contributed by atoms with Crippen molar-refractivity contribution in [3.63, 3.8) is 0 Å². The van der Waals surface area contributed by atoms with Gasteiger partial charge < -0.3 is 10.1 Å². The molecule has 23 heavy (non-hydrogen) atoms. The fourth-order valence-corrected chi connectivity index (χ4v) is 2.45. The number of urea groups is 1. The Kier molecular flexibility index (Phi) is 4.09. The van der Waals surface area contributed by atoms with Crippen LogP contribution in [-0.2, 0) is 20.0 Å². The van der Waals surface area contributed by atoms with Crippen LogP contribution in [0.4, 0.5) is 19.4 Å². The van der Waals surface area contributed by atoms with E-state index in [9.17, 15) is 13.6 Å². The van der Waals surface area contributed by atoms with Gasteiger partial charge in [-0.3, -0.25) is 5.32 Å². The third-order valence-corrected chi connectivity index (χ3v) is 3.54. The number of halogens is 2. The van der Waals surface area contributed by atoms with Crippen molar-refractivity contribution in [1.29, 1.82) is 0 Å². The molecule has 9 heteroatoms. The Bertz CT molecular complexity index is 732. The molecule has 1 aromatic carbocycles. The molecule has 1 aliphatic heterocycles. The van der Waals surface area contributed by atoms with Crippen molar-refractivity contribution in [2.75, 3.05) is 11.9 Å². The minimum absolute atomic E-state index is 0.222. The number of aryl methyl sites for hydroxylation is 1. The van der Waals surface area contributed by atoms with Crippen molar-refractivity contribution in [3.05, 3.63) is 35.0 Å². The zero-order valence-electron chi connectivity index (χ0n) is 12.3. The summed E-state index contributed by atoms with van der Waals surface area (Å²) >= 11 is 0. The van der Waals surface area contributed by atoms with Crippen LogP contribution in [0.5, 0.6) is 5.75 Å². The molecule has 2 N–H and O–H groups in total. The number of alkyl halides is 2. The van der Waals surface area contributed by atoms with Crippen LogP contribution in [0.15, 0.2) is 18.2 Å². The van der Waals surface area contributed by atoms with Gasteiger partial charge in [-0.2, -0.15) is 0 Å². The van der Waals surface area contributed by atoms with Crippen molar-refractivity contribution in [1.82, 2.24) is 20.3 Å². The van der Waals surface area contributed by atoms with Gasteiger partial charge in [0.2, 0.25) is 0 Å². The van der Waals surface area contributed by atoms with Gasteiger partial charge in [0.15, 0.2) is 5.82 Å². The number of rotatable bonds is 4. The van der Waals surface area contributed by atoms with Crippen molar-refractivity contribution in [2.45, 2.75) is 19.4 Å². The lowest BCUT2D eigenvalue weighted by Gasteiger charge is -2.10. The maximum Gasteiger partial charge on any atom is 0.320 e. The minimum Gasteiger partial charge on any atom is -0.493 e. The van der Waals surface area contributed by atoms with E-state index in [1.807, 2.05) is 18.2 Å². The molecular weight excluding hydrogens is 308 g/mol. The van der Waals surface area contributed by atoms with Crippen LogP contribution >= 0.6 is 0 Å². The van der Waals surface area contributed by atoms with E-state index in [0.717, 1.165) is 28.0 Å². The average Bonchev–Trinajstić information content (AvgIpc) is 3.12. The molecule has 0 aliphatic carbocycles. The minimum atomic E-state index is -2.78. The Hall–Kier alpha value is -2.71. The zero-order valence-corrected chi connectivity index (χ0v) is 12.3. The molecule has 0 unspecified atom stereocenters. The van der Waals surface area contributed by atoms with Gasteiger partial charge in [0, 0.05) is 25.6 Å². The molecule has 0 atom stereocenters. The van der Waals surface area contributed by atoms with Gasteiger partial charge in [0.25, 0.3) is 6.43 Å². The van der Waals surface area contributed by atoms with Crippen LogP contribution in [0.1, 0.15) is 23.2 Å². The van der Waals surface area contributed by atoms with E-state index in [2.05, 4.69) is 20.9 Å². The van der Waals surface area contributed by atoms with Crippen LogP contribution in [0.25, 0.3) is 0 Å². The van der Waals surface area contributed by atoms with Gasteiger partial charge in [-0.1, -0.05) is 23.4 Å². The molecule has 1 aromatic heterocycles. The molecule has 122 valence electrons. The summed E-state index contributed by atoms with van der Waals surface area (Å²) < 4.78 is 32.2. The average molecular weight is 323 g/mol. The Balaban J connectivity index is 1.64. The van der Waals surface area contributed by atoms with Crippen LogP contribution in [-0.4, -0.2) is 27.6 Å². The first-order chi connectivity index (χ1) is 11.1. The first-order valence-corrected chi connectivity index (χ1v) is 7.02. The van der Waals surface area contributed by atoms with Crippen molar-refractivity contribution < 1.29 is 18.3 Å². The fraction of sp³-hybridized carbons (Fsp3) is 0.357. The number of aromatic nitrogens is 3. The Morgan fingerprint density at radius 3 is 3.09 bits per heavy atom. The highest BCUT2D eigenvalue weighted by Gasteiger charge is 2.22. The number of nitrogens with zero attached hydrogens (tertiary/aromatic N) is 3. The second kappa shape index (κ2) is 6.19. The number of anilines is 1. The number of amides is 2. The normalized spacial score (nSPS) is 12.9. The largest absolute Gasteiger partial charge is 0.493 e. The summed E-state index contributed by atoms with van der Waals surface area (Å²) in [5.74, 6) is 0.523. The van der Waals surface area contributed by atoms with E-state index >= 15 is 0 Å². The highest BCUT2D eigenvalue weighted by molar-refractivity contribution is 5.88. The van der Waals surface area contributed by atoms with Crippen LogP contribution in [0.2, 0.25) is 0 Å². The monoisotopic (exact) mass is 323 g/mol. The number of ether oxygens (including phenoxy) is 1. The Morgan fingerprint density at radius 1 is 1.48 bits per heavy atom. The molecule has 0 fully saturated rings. The SMILES string of the molecule is Cn1nnc(NC(=O)NCc2cccc3c2OCC3)c1C(F)F. The summed E-state index contributed by atoms with van der Waals surface area (Å²) in [7, 11) is 1.34. The van der Waals surface area contributed by atoms with E-state index in [4.69, 9.17) is 4.74 Å². The van der Waals surface area contributed by atoms with Gasteiger partial charge in [-0.05, 0) is 5.56 Å². The number of para-hydroxylation sites is 1. The fourth-order valence-electron chi connectivity index (χ4n) is 2.45. The number of hydrogen-bond donors (Lipinski definition) is 2. The summed E-state index contributed by atoms with van der Waals surface area (Å²) in [5.41, 5.74) is 1.49. The molecule has 3 rings (SSSR count). The summed E-state index contributed by atoms with van der Waals surface area (Å²) in [6, 6.07) is 5.07. The first kappa shape index (κ1) is 15.2. The Morgan fingerprint density at radius 2 is 2.30 bits per heavy atom. The number of nitrogens with one attached hydrogen (secondary N) is 2. The van der Waals surface area contributed by atoms with Crippen LogP contribution in [0.3, 0.4) is 0 Å². The van der Waals surface area contributed by atoms with E-state index < -0.39 is 18.2 Å². The number of carbonyl (C=O) groups excluding carboxylic acids is 1. The number of hydrogen-bond acceptors (Lipinski definition) is 4. The molecule has 0 saturated heterocycles. The third-order valence-electron chi connectivity index (χ3n) is 3.54. The van der Waals surface area contributed by atoms with E-state index in [1.54, 1.807) is 0 Å². The second-order valence-corrected chi connectivity index (χ2v) is 5.06. The molecule has 2 aromatic rings. The zero-order chi connectivity index (χ0) is 16.4. The van der Waals surface area contributed by atoms with Gasteiger partial charge in [-0.15, -0.1) is 5.10 Å². The third kappa shape index (κ3) is 3.08. The molecule has 0 saturated carbocycles. The van der Waals surface area contributed by atoms with E-state index in [1.165, 1.54) is 7.05 Å². The molecule has 0 bridgehead atoms. The molecule has 0 radical (unpaired) electrons. The van der Waals surface area contributed by atoms with Crippen LogP contribution in [0, 0.1) is 0 Å². The Labute approximate surface area is 130 Å². The number of carbonyl (C=O) groups is 1. The molecule has 1 aliphatic rings. The lowest BCUT2D eigenvalue weighted by atomic mass is 10.1. The van der Waals surface area contributed by atoms with Crippen LogP contribution < -0.4 is 15.4 Å². The van der Waals surface area contributed by atoms with Crippen molar-refractivity contribution >= 4 is 11.8 Å². The van der Waals surface area contributed by atoms with Crippen molar-refractivity contribution in [3.8, 4) is 5.75 Å².